The third-order valence-corrected chi connectivity index (χ3v) is 2.84. The Bertz CT molecular complexity index is 369. The second kappa shape index (κ2) is 6.58. The van der Waals surface area contributed by atoms with Crippen LogP contribution in [0.15, 0.2) is 28.7 Å². The Morgan fingerprint density at radius 3 is 2.59 bits per heavy atom. The minimum Gasteiger partial charge on any atom is -0.395 e. The van der Waals surface area contributed by atoms with Crippen LogP contribution in [0, 0.1) is 0 Å². The molecule has 94 valence electrons. The highest BCUT2D eigenvalue weighted by molar-refractivity contribution is 9.10. The maximum atomic E-state index is 11.4. The molecule has 0 aromatic heterocycles. The molecule has 1 aromatic rings. The van der Waals surface area contributed by atoms with Gasteiger partial charge in [0.1, 0.15) is 0 Å². The summed E-state index contributed by atoms with van der Waals surface area (Å²) in [5, 5.41) is 21.2. The Labute approximate surface area is 108 Å². The number of amides is 2. The van der Waals surface area contributed by atoms with Crippen molar-refractivity contribution in [2.75, 3.05) is 13.2 Å². The standard InChI is InChI=1S/C11H15BrN2O3/c1-8(9-2-4-10(12)5-3-9)14(17)11(16)13-6-7-15/h2-5,8,15,17H,6-7H2,1H3,(H,13,16). The molecule has 3 N–H and O–H groups in total. The maximum absolute atomic E-state index is 11.4. The summed E-state index contributed by atoms with van der Waals surface area (Å²) in [4.78, 5) is 11.4. The number of hydroxylamine groups is 2. The van der Waals surface area contributed by atoms with Gasteiger partial charge in [-0.15, -0.1) is 0 Å². The third kappa shape index (κ3) is 3.99. The van der Waals surface area contributed by atoms with Crippen molar-refractivity contribution in [1.82, 2.24) is 10.4 Å². The number of hydrogen-bond donors (Lipinski definition) is 3. The molecule has 5 nitrogen and oxygen atoms in total. The average molecular weight is 303 g/mol. The number of carbonyl (C=O) groups excluding carboxylic acids is 1. The number of nitrogens with zero attached hydrogens (tertiary/aromatic N) is 1. The number of aliphatic hydroxyl groups is 1. The van der Waals surface area contributed by atoms with Gasteiger partial charge in [-0.3, -0.25) is 5.21 Å². The summed E-state index contributed by atoms with van der Waals surface area (Å²) >= 11 is 3.31. The molecule has 0 radical (unpaired) electrons. The smallest absolute Gasteiger partial charge is 0.341 e. The lowest BCUT2D eigenvalue weighted by Gasteiger charge is -2.23. The Balaban J connectivity index is 2.65. The van der Waals surface area contributed by atoms with Crippen molar-refractivity contribution >= 4 is 22.0 Å². The Hall–Kier alpha value is -1.11. The quantitative estimate of drug-likeness (QED) is 0.587. The largest absolute Gasteiger partial charge is 0.395 e. The molecule has 0 heterocycles. The van der Waals surface area contributed by atoms with Crippen molar-refractivity contribution in [3.05, 3.63) is 34.3 Å². The van der Waals surface area contributed by atoms with Gasteiger partial charge in [0.25, 0.3) is 0 Å². The molecule has 2 amide bonds. The first-order chi connectivity index (χ1) is 8.06. The fourth-order valence-electron chi connectivity index (χ4n) is 1.30. The van der Waals surface area contributed by atoms with Crippen LogP contribution in [0.1, 0.15) is 18.5 Å². The molecular formula is C11H15BrN2O3. The van der Waals surface area contributed by atoms with Gasteiger partial charge in [0.15, 0.2) is 0 Å². The van der Waals surface area contributed by atoms with Crippen molar-refractivity contribution in [3.63, 3.8) is 0 Å². The average Bonchev–Trinajstić information content (AvgIpc) is 2.35. The van der Waals surface area contributed by atoms with Crippen LogP contribution in [0.2, 0.25) is 0 Å². The first-order valence-corrected chi connectivity index (χ1v) is 5.98. The molecule has 0 aliphatic heterocycles. The molecule has 1 unspecified atom stereocenters. The number of benzene rings is 1. The number of halogens is 1. The van der Waals surface area contributed by atoms with E-state index < -0.39 is 12.1 Å². The summed E-state index contributed by atoms with van der Waals surface area (Å²) < 4.78 is 0.933. The zero-order chi connectivity index (χ0) is 12.8. The Morgan fingerprint density at radius 2 is 2.06 bits per heavy atom. The molecule has 0 aliphatic carbocycles. The van der Waals surface area contributed by atoms with Gasteiger partial charge in [-0.05, 0) is 24.6 Å². The van der Waals surface area contributed by atoms with Gasteiger partial charge in [0.2, 0.25) is 0 Å². The molecule has 0 saturated heterocycles. The van der Waals surface area contributed by atoms with E-state index in [0.717, 1.165) is 10.0 Å². The van der Waals surface area contributed by atoms with Gasteiger partial charge >= 0.3 is 6.03 Å². The fourth-order valence-corrected chi connectivity index (χ4v) is 1.57. The van der Waals surface area contributed by atoms with E-state index in [9.17, 15) is 10.0 Å². The molecule has 1 aromatic carbocycles. The molecule has 0 aliphatic rings. The maximum Gasteiger partial charge on any atom is 0.341 e. The first kappa shape index (κ1) is 14.0. The van der Waals surface area contributed by atoms with Crippen molar-refractivity contribution in [1.29, 1.82) is 0 Å². The molecule has 0 fully saturated rings. The lowest BCUT2D eigenvalue weighted by molar-refractivity contribution is -0.0745. The van der Waals surface area contributed by atoms with E-state index in [0.29, 0.717) is 5.06 Å². The van der Waals surface area contributed by atoms with Crippen LogP contribution in [0.25, 0.3) is 0 Å². The van der Waals surface area contributed by atoms with E-state index in [1.54, 1.807) is 6.92 Å². The normalized spacial score (nSPS) is 12.0. The number of nitrogens with one attached hydrogen (secondary N) is 1. The first-order valence-electron chi connectivity index (χ1n) is 5.18. The predicted molar refractivity (Wildman–Crippen MR) is 66.7 cm³/mol. The third-order valence-electron chi connectivity index (χ3n) is 2.32. The number of carbonyl (C=O) groups is 1. The topological polar surface area (TPSA) is 72.8 Å². The number of urea groups is 1. The molecule has 6 heteroatoms. The second-order valence-electron chi connectivity index (χ2n) is 3.53. The van der Waals surface area contributed by atoms with Crippen LogP contribution >= 0.6 is 15.9 Å². The number of rotatable bonds is 4. The van der Waals surface area contributed by atoms with Gasteiger partial charge < -0.3 is 10.4 Å². The molecule has 1 atom stereocenters. The molecule has 1 rings (SSSR count). The Kier molecular flexibility index (Phi) is 5.40. The van der Waals surface area contributed by atoms with Gasteiger partial charge in [-0.25, -0.2) is 4.79 Å². The van der Waals surface area contributed by atoms with Crippen LogP contribution in [0.3, 0.4) is 0 Å². The molecule has 17 heavy (non-hydrogen) atoms. The van der Waals surface area contributed by atoms with Gasteiger partial charge in [0.05, 0.1) is 12.6 Å². The molecular weight excluding hydrogens is 288 g/mol. The van der Waals surface area contributed by atoms with E-state index >= 15 is 0 Å². The van der Waals surface area contributed by atoms with Crippen LogP contribution in [-0.4, -0.2) is 34.6 Å². The lowest BCUT2D eigenvalue weighted by atomic mass is 10.1. The van der Waals surface area contributed by atoms with Crippen LogP contribution in [0.4, 0.5) is 4.79 Å². The summed E-state index contributed by atoms with van der Waals surface area (Å²) in [5.74, 6) is 0. The second-order valence-corrected chi connectivity index (χ2v) is 4.44. The minimum atomic E-state index is -0.630. The van der Waals surface area contributed by atoms with E-state index in [1.807, 2.05) is 24.3 Å². The predicted octanol–water partition coefficient (Wildman–Crippen LogP) is 1.90. The van der Waals surface area contributed by atoms with Crippen LogP contribution in [0.5, 0.6) is 0 Å². The lowest BCUT2D eigenvalue weighted by Crippen LogP contribution is -2.40. The summed E-state index contributed by atoms with van der Waals surface area (Å²) in [6, 6.07) is 6.22. The summed E-state index contributed by atoms with van der Waals surface area (Å²) in [6.45, 7) is 1.66. The molecule has 0 bridgehead atoms. The van der Waals surface area contributed by atoms with Gasteiger partial charge in [0, 0.05) is 11.0 Å². The van der Waals surface area contributed by atoms with Gasteiger partial charge in [-0.1, -0.05) is 28.1 Å². The zero-order valence-electron chi connectivity index (χ0n) is 9.43. The number of hydrogen-bond acceptors (Lipinski definition) is 3. The van der Waals surface area contributed by atoms with Crippen molar-refractivity contribution in [2.45, 2.75) is 13.0 Å². The monoisotopic (exact) mass is 302 g/mol. The SMILES string of the molecule is CC(c1ccc(Br)cc1)N(O)C(=O)NCCO. The highest BCUT2D eigenvalue weighted by Crippen LogP contribution is 2.20. The van der Waals surface area contributed by atoms with Crippen molar-refractivity contribution in [3.8, 4) is 0 Å². The zero-order valence-corrected chi connectivity index (χ0v) is 11.0. The van der Waals surface area contributed by atoms with Crippen molar-refractivity contribution < 1.29 is 15.1 Å². The van der Waals surface area contributed by atoms with Crippen LogP contribution < -0.4 is 5.32 Å². The van der Waals surface area contributed by atoms with Crippen molar-refractivity contribution in [2.24, 2.45) is 0 Å². The van der Waals surface area contributed by atoms with E-state index in [1.165, 1.54) is 0 Å². The van der Waals surface area contributed by atoms with E-state index in [-0.39, 0.29) is 13.2 Å². The summed E-state index contributed by atoms with van der Waals surface area (Å²) in [7, 11) is 0. The minimum absolute atomic E-state index is 0.114. The molecule has 0 spiro atoms. The summed E-state index contributed by atoms with van der Waals surface area (Å²) in [6.07, 6.45) is 0. The summed E-state index contributed by atoms with van der Waals surface area (Å²) in [5.41, 5.74) is 0.815. The number of aliphatic hydroxyl groups excluding tert-OH is 1. The van der Waals surface area contributed by atoms with Gasteiger partial charge in [-0.2, -0.15) is 5.06 Å². The van der Waals surface area contributed by atoms with E-state index in [2.05, 4.69) is 21.2 Å². The molecule has 0 saturated carbocycles. The highest BCUT2D eigenvalue weighted by atomic mass is 79.9. The fraction of sp³-hybridized carbons (Fsp3) is 0.364. The highest BCUT2D eigenvalue weighted by Gasteiger charge is 2.18. The van der Waals surface area contributed by atoms with Crippen LogP contribution in [-0.2, 0) is 0 Å². The Morgan fingerprint density at radius 1 is 1.47 bits per heavy atom. The van der Waals surface area contributed by atoms with E-state index in [4.69, 9.17) is 5.11 Å².